The van der Waals surface area contributed by atoms with Crippen molar-refractivity contribution in [3.63, 3.8) is 0 Å². The molecule has 0 radical (unpaired) electrons. The van der Waals surface area contributed by atoms with Gasteiger partial charge in [-0.15, -0.1) is 0 Å². The quantitative estimate of drug-likeness (QED) is 0.231. The molecule has 0 aromatic heterocycles. The zero-order valence-electron chi connectivity index (χ0n) is 24.8. The number of β-lactam (4-membered cyclic amide) rings is 1. The standard InChI is InChI=1S/C34H38N4O5/c1-33(2,3)43-32(42)37-28(30(40)35-23-26-15-9-5-10-16-26)19-20-38-29(39)22-34(38,21-25-13-7-4-8-14-25)31(41)36-24-27-17-11-6-12-18-27/h4-19H,20-24H2,1-3H3,(H,35,40)(H,36,41)(H,37,42)/b28-19+/t34-/m0/s1. The van der Waals surface area contributed by atoms with Gasteiger partial charge >= 0.3 is 6.09 Å². The Morgan fingerprint density at radius 1 is 0.814 bits per heavy atom. The van der Waals surface area contributed by atoms with Crippen molar-refractivity contribution < 1.29 is 23.9 Å². The number of nitrogens with zero attached hydrogens (tertiary/aromatic N) is 1. The molecule has 1 aliphatic rings. The predicted octanol–water partition coefficient (Wildman–Crippen LogP) is 4.24. The van der Waals surface area contributed by atoms with Gasteiger partial charge in [0.1, 0.15) is 16.8 Å². The van der Waals surface area contributed by atoms with E-state index in [-0.39, 0.29) is 37.0 Å². The predicted molar refractivity (Wildman–Crippen MR) is 163 cm³/mol. The maximum atomic E-state index is 13.8. The summed E-state index contributed by atoms with van der Waals surface area (Å²) in [5.41, 5.74) is 0.672. The number of hydrogen-bond acceptors (Lipinski definition) is 5. The van der Waals surface area contributed by atoms with Crippen LogP contribution < -0.4 is 16.0 Å². The van der Waals surface area contributed by atoms with Gasteiger partial charge in [-0.3, -0.25) is 19.7 Å². The topological polar surface area (TPSA) is 117 Å². The molecule has 9 nitrogen and oxygen atoms in total. The second-order valence-corrected chi connectivity index (χ2v) is 11.5. The molecule has 0 spiro atoms. The maximum absolute atomic E-state index is 13.8. The van der Waals surface area contributed by atoms with Crippen molar-refractivity contribution in [3.05, 3.63) is 119 Å². The van der Waals surface area contributed by atoms with E-state index in [1.165, 1.54) is 11.0 Å². The van der Waals surface area contributed by atoms with Crippen molar-refractivity contribution in [3.8, 4) is 0 Å². The van der Waals surface area contributed by atoms with Gasteiger partial charge in [-0.05, 0) is 43.5 Å². The third kappa shape index (κ3) is 8.54. The highest BCUT2D eigenvalue weighted by molar-refractivity contribution is 6.02. The molecule has 1 aliphatic heterocycles. The van der Waals surface area contributed by atoms with Crippen molar-refractivity contribution >= 4 is 23.8 Å². The third-order valence-corrected chi connectivity index (χ3v) is 6.97. The molecule has 1 fully saturated rings. The van der Waals surface area contributed by atoms with E-state index >= 15 is 0 Å². The Kier molecular flexibility index (Phi) is 9.98. The fourth-order valence-electron chi connectivity index (χ4n) is 4.85. The lowest BCUT2D eigenvalue weighted by atomic mass is 9.77. The minimum atomic E-state index is -1.17. The highest BCUT2D eigenvalue weighted by Gasteiger charge is 2.55. The van der Waals surface area contributed by atoms with Gasteiger partial charge in [-0.1, -0.05) is 91.0 Å². The van der Waals surface area contributed by atoms with Crippen LogP contribution in [0.1, 0.15) is 43.9 Å². The van der Waals surface area contributed by atoms with E-state index in [0.717, 1.165) is 16.7 Å². The van der Waals surface area contributed by atoms with E-state index in [2.05, 4.69) is 16.0 Å². The summed E-state index contributed by atoms with van der Waals surface area (Å²) in [6.07, 6.45) is 0.958. The van der Waals surface area contributed by atoms with Crippen LogP contribution in [0.3, 0.4) is 0 Å². The second kappa shape index (κ2) is 13.8. The lowest BCUT2D eigenvalue weighted by Gasteiger charge is -2.50. The molecule has 224 valence electrons. The normalized spacial score (nSPS) is 16.6. The van der Waals surface area contributed by atoms with E-state index in [4.69, 9.17) is 4.74 Å². The van der Waals surface area contributed by atoms with Gasteiger partial charge in [0.05, 0.1) is 6.42 Å². The van der Waals surface area contributed by atoms with E-state index in [9.17, 15) is 19.2 Å². The fourth-order valence-corrected chi connectivity index (χ4v) is 4.85. The molecule has 43 heavy (non-hydrogen) atoms. The first-order valence-electron chi connectivity index (χ1n) is 14.2. The minimum absolute atomic E-state index is 0.0192. The molecule has 0 saturated carbocycles. The molecule has 1 atom stereocenters. The summed E-state index contributed by atoms with van der Waals surface area (Å²) < 4.78 is 5.37. The zero-order chi connectivity index (χ0) is 30.9. The number of nitrogens with one attached hydrogen (secondary N) is 3. The highest BCUT2D eigenvalue weighted by atomic mass is 16.6. The van der Waals surface area contributed by atoms with Gasteiger partial charge in [-0.25, -0.2) is 4.79 Å². The number of benzene rings is 3. The fraction of sp³-hybridized carbons (Fsp3) is 0.294. The Morgan fingerprint density at radius 2 is 1.33 bits per heavy atom. The van der Waals surface area contributed by atoms with Crippen molar-refractivity contribution in [2.75, 3.05) is 6.54 Å². The van der Waals surface area contributed by atoms with E-state index < -0.39 is 23.1 Å². The number of likely N-dealkylation sites (tertiary alicyclic amines) is 1. The Labute approximate surface area is 252 Å². The SMILES string of the molecule is CC(C)(C)OC(=O)N/C(=C/CN1C(=O)C[C@@]1(Cc1ccccc1)C(=O)NCc1ccccc1)C(=O)NCc1ccccc1. The summed E-state index contributed by atoms with van der Waals surface area (Å²) >= 11 is 0. The summed E-state index contributed by atoms with van der Waals surface area (Å²) in [7, 11) is 0. The van der Waals surface area contributed by atoms with Crippen LogP contribution in [0.15, 0.2) is 103 Å². The summed E-state index contributed by atoms with van der Waals surface area (Å²) in [5.74, 6) is -1.07. The number of hydrogen-bond donors (Lipinski definition) is 3. The monoisotopic (exact) mass is 582 g/mol. The lowest BCUT2D eigenvalue weighted by molar-refractivity contribution is -0.165. The molecule has 0 bridgehead atoms. The molecule has 4 rings (SSSR count). The number of carbonyl (C=O) groups is 4. The van der Waals surface area contributed by atoms with Crippen LogP contribution in [0.4, 0.5) is 4.79 Å². The van der Waals surface area contributed by atoms with Crippen LogP contribution >= 0.6 is 0 Å². The van der Waals surface area contributed by atoms with Crippen LogP contribution in [0.2, 0.25) is 0 Å². The maximum Gasteiger partial charge on any atom is 0.412 e. The van der Waals surface area contributed by atoms with Crippen molar-refractivity contribution in [2.45, 2.75) is 57.8 Å². The largest absolute Gasteiger partial charge is 0.444 e. The van der Waals surface area contributed by atoms with E-state index in [0.29, 0.717) is 13.0 Å². The number of rotatable bonds is 11. The Balaban J connectivity index is 1.57. The summed E-state index contributed by atoms with van der Waals surface area (Å²) in [5, 5.41) is 8.33. The first-order valence-corrected chi connectivity index (χ1v) is 14.2. The summed E-state index contributed by atoms with van der Waals surface area (Å²) in [6.45, 7) is 5.62. The van der Waals surface area contributed by atoms with Gasteiger partial charge in [0.25, 0.3) is 5.91 Å². The molecule has 0 unspecified atom stereocenters. The molecule has 3 N–H and O–H groups in total. The van der Waals surface area contributed by atoms with Gasteiger partial charge in [0, 0.05) is 26.1 Å². The highest BCUT2D eigenvalue weighted by Crippen LogP contribution is 2.36. The number of amides is 4. The Bertz CT molecular complexity index is 1450. The summed E-state index contributed by atoms with van der Waals surface area (Å²) in [6, 6.07) is 28.4. The van der Waals surface area contributed by atoms with Crippen molar-refractivity contribution in [1.29, 1.82) is 0 Å². The molecule has 3 aromatic carbocycles. The number of alkyl carbamates (subject to hydrolysis) is 1. The molecule has 4 amide bonds. The molecule has 9 heteroatoms. The zero-order valence-corrected chi connectivity index (χ0v) is 24.8. The molecular formula is C34H38N4O5. The average Bonchev–Trinajstić information content (AvgIpc) is 2.98. The summed E-state index contributed by atoms with van der Waals surface area (Å²) in [4.78, 5) is 54.1. The van der Waals surface area contributed by atoms with Crippen LogP contribution in [0.25, 0.3) is 0 Å². The van der Waals surface area contributed by atoms with Crippen molar-refractivity contribution in [1.82, 2.24) is 20.9 Å². The molecule has 1 saturated heterocycles. The van der Waals surface area contributed by atoms with E-state index in [1.54, 1.807) is 20.8 Å². The first-order chi connectivity index (χ1) is 20.6. The molecule has 3 aromatic rings. The van der Waals surface area contributed by atoms with Gasteiger partial charge in [0.2, 0.25) is 11.8 Å². The Morgan fingerprint density at radius 3 is 1.84 bits per heavy atom. The van der Waals surface area contributed by atoms with Gasteiger partial charge in [-0.2, -0.15) is 0 Å². The molecule has 0 aliphatic carbocycles. The number of carbonyl (C=O) groups excluding carboxylic acids is 4. The van der Waals surface area contributed by atoms with E-state index in [1.807, 2.05) is 91.0 Å². The first kappa shape index (κ1) is 31.0. The molecular weight excluding hydrogens is 544 g/mol. The Hall–Kier alpha value is -4.92. The molecule has 1 heterocycles. The van der Waals surface area contributed by atoms with Gasteiger partial charge < -0.3 is 20.3 Å². The number of ether oxygens (including phenoxy) is 1. The van der Waals surface area contributed by atoms with Gasteiger partial charge in [0.15, 0.2) is 0 Å². The van der Waals surface area contributed by atoms with Crippen LogP contribution in [-0.4, -0.2) is 46.4 Å². The lowest BCUT2D eigenvalue weighted by Crippen LogP contribution is -2.71. The third-order valence-electron chi connectivity index (χ3n) is 6.97. The van der Waals surface area contributed by atoms with Crippen LogP contribution in [0.5, 0.6) is 0 Å². The average molecular weight is 583 g/mol. The second-order valence-electron chi connectivity index (χ2n) is 11.5. The van der Waals surface area contributed by atoms with Crippen LogP contribution in [-0.2, 0) is 38.6 Å². The minimum Gasteiger partial charge on any atom is -0.444 e. The van der Waals surface area contributed by atoms with Crippen LogP contribution in [0, 0.1) is 0 Å². The van der Waals surface area contributed by atoms with Crippen molar-refractivity contribution in [2.24, 2.45) is 0 Å². The smallest absolute Gasteiger partial charge is 0.412 e.